The predicted octanol–water partition coefficient (Wildman–Crippen LogP) is 3.02. The standard InChI is InChI=1S/C17H20ClN3O/c1-11(20)16(22)21-14(12-3-2-4-13(18)9-12)5-6-15(21)17(10-19)7-8-17/h2-4,9,11,14-15H,5-8,20H2,1H3/t11?,14-,15+/m0/s1. The summed E-state index contributed by atoms with van der Waals surface area (Å²) in [6.07, 6.45) is 3.45. The van der Waals surface area contributed by atoms with Crippen LogP contribution in [0.4, 0.5) is 0 Å². The highest BCUT2D eigenvalue weighted by Crippen LogP contribution is 2.56. The largest absolute Gasteiger partial charge is 0.330 e. The summed E-state index contributed by atoms with van der Waals surface area (Å²) in [7, 11) is 0. The van der Waals surface area contributed by atoms with Gasteiger partial charge in [-0.1, -0.05) is 23.7 Å². The zero-order valence-electron chi connectivity index (χ0n) is 12.6. The number of nitrogens with zero attached hydrogens (tertiary/aromatic N) is 2. The molecule has 1 aliphatic heterocycles. The fourth-order valence-corrected chi connectivity index (χ4v) is 3.79. The molecule has 1 heterocycles. The SMILES string of the molecule is CC(N)C(=O)N1[C@H](c2cccc(Cl)c2)CC[C@@H]1C1(C#N)CC1. The molecular formula is C17H20ClN3O. The molecule has 116 valence electrons. The Bertz CT molecular complexity index is 633. The highest BCUT2D eigenvalue weighted by molar-refractivity contribution is 6.30. The highest BCUT2D eigenvalue weighted by Gasteiger charge is 2.57. The van der Waals surface area contributed by atoms with Gasteiger partial charge >= 0.3 is 0 Å². The molecule has 1 saturated heterocycles. The number of likely N-dealkylation sites (tertiary alicyclic amines) is 1. The van der Waals surface area contributed by atoms with E-state index in [1.807, 2.05) is 29.2 Å². The zero-order valence-corrected chi connectivity index (χ0v) is 13.4. The molecule has 2 N–H and O–H groups in total. The number of hydrogen-bond donors (Lipinski definition) is 1. The van der Waals surface area contributed by atoms with Gasteiger partial charge in [0.15, 0.2) is 0 Å². The lowest BCUT2D eigenvalue weighted by atomic mass is 9.95. The van der Waals surface area contributed by atoms with Gasteiger partial charge < -0.3 is 10.6 Å². The topological polar surface area (TPSA) is 70.1 Å². The van der Waals surface area contributed by atoms with E-state index in [1.165, 1.54) is 0 Å². The summed E-state index contributed by atoms with van der Waals surface area (Å²) in [4.78, 5) is 14.5. The van der Waals surface area contributed by atoms with Crippen molar-refractivity contribution >= 4 is 17.5 Å². The quantitative estimate of drug-likeness (QED) is 0.931. The summed E-state index contributed by atoms with van der Waals surface area (Å²) in [5.41, 5.74) is 6.52. The minimum absolute atomic E-state index is 0.0278. The van der Waals surface area contributed by atoms with Crippen LogP contribution in [0.25, 0.3) is 0 Å². The second kappa shape index (κ2) is 5.57. The molecule has 1 amide bonds. The molecule has 3 rings (SSSR count). The van der Waals surface area contributed by atoms with E-state index in [0.717, 1.165) is 31.2 Å². The van der Waals surface area contributed by atoms with Gasteiger partial charge in [0.1, 0.15) is 0 Å². The van der Waals surface area contributed by atoms with E-state index in [1.54, 1.807) is 6.92 Å². The summed E-state index contributed by atoms with van der Waals surface area (Å²) in [6.45, 7) is 1.71. The minimum Gasteiger partial charge on any atom is -0.330 e. The summed E-state index contributed by atoms with van der Waals surface area (Å²) in [5.74, 6) is -0.0750. The van der Waals surface area contributed by atoms with Crippen LogP contribution < -0.4 is 5.73 Å². The van der Waals surface area contributed by atoms with Gasteiger partial charge in [-0.2, -0.15) is 5.26 Å². The molecule has 5 heteroatoms. The van der Waals surface area contributed by atoms with Crippen molar-refractivity contribution in [1.82, 2.24) is 4.90 Å². The van der Waals surface area contributed by atoms with Crippen LogP contribution in [0.3, 0.4) is 0 Å². The van der Waals surface area contributed by atoms with Crippen LogP contribution in [-0.4, -0.2) is 22.9 Å². The van der Waals surface area contributed by atoms with Crippen molar-refractivity contribution in [2.45, 2.75) is 50.7 Å². The van der Waals surface area contributed by atoms with Gasteiger partial charge in [0.25, 0.3) is 0 Å². The fraction of sp³-hybridized carbons (Fsp3) is 0.529. The Labute approximate surface area is 135 Å². The lowest BCUT2D eigenvalue weighted by molar-refractivity contribution is -0.136. The Hall–Kier alpha value is -1.57. The van der Waals surface area contributed by atoms with E-state index in [-0.39, 0.29) is 23.4 Å². The Kier molecular flexibility index (Phi) is 3.88. The van der Waals surface area contributed by atoms with Crippen LogP contribution in [0.1, 0.15) is 44.2 Å². The molecule has 4 nitrogen and oxygen atoms in total. The molecule has 1 aromatic rings. The normalized spacial score (nSPS) is 27.3. The summed E-state index contributed by atoms with van der Waals surface area (Å²) in [6, 6.07) is 9.44. The molecule has 0 radical (unpaired) electrons. The molecular weight excluding hydrogens is 298 g/mol. The highest BCUT2D eigenvalue weighted by atomic mass is 35.5. The Morgan fingerprint density at radius 3 is 2.77 bits per heavy atom. The number of carbonyl (C=O) groups excluding carboxylic acids is 1. The van der Waals surface area contributed by atoms with Crippen LogP contribution in [0.2, 0.25) is 5.02 Å². The maximum Gasteiger partial charge on any atom is 0.240 e. The number of benzene rings is 1. The maximum atomic E-state index is 12.7. The van der Waals surface area contributed by atoms with Gasteiger partial charge in [0.2, 0.25) is 5.91 Å². The second-order valence-corrected chi connectivity index (χ2v) is 6.90. The van der Waals surface area contributed by atoms with Crippen molar-refractivity contribution in [2.75, 3.05) is 0 Å². The first kappa shape index (κ1) is 15.3. The molecule has 2 aliphatic rings. The van der Waals surface area contributed by atoms with Crippen LogP contribution in [0.15, 0.2) is 24.3 Å². The fourth-order valence-electron chi connectivity index (χ4n) is 3.59. The second-order valence-electron chi connectivity index (χ2n) is 6.47. The smallest absolute Gasteiger partial charge is 0.240 e. The molecule has 3 atom stereocenters. The van der Waals surface area contributed by atoms with Crippen molar-refractivity contribution < 1.29 is 4.79 Å². The van der Waals surface area contributed by atoms with Crippen molar-refractivity contribution in [1.29, 1.82) is 5.26 Å². The van der Waals surface area contributed by atoms with Gasteiger partial charge in [0, 0.05) is 5.02 Å². The van der Waals surface area contributed by atoms with Crippen molar-refractivity contribution in [3.05, 3.63) is 34.9 Å². The number of carbonyl (C=O) groups is 1. The van der Waals surface area contributed by atoms with Crippen molar-refractivity contribution in [3.8, 4) is 6.07 Å². The first-order valence-electron chi connectivity index (χ1n) is 7.73. The third-order valence-electron chi connectivity index (χ3n) is 4.91. The van der Waals surface area contributed by atoms with Crippen LogP contribution in [0, 0.1) is 16.7 Å². The van der Waals surface area contributed by atoms with Gasteiger partial charge in [0.05, 0.1) is 29.6 Å². The van der Waals surface area contributed by atoms with Crippen LogP contribution in [0.5, 0.6) is 0 Å². The lowest BCUT2D eigenvalue weighted by Gasteiger charge is -2.34. The monoisotopic (exact) mass is 317 g/mol. The Balaban J connectivity index is 1.97. The molecule has 0 spiro atoms. The third-order valence-corrected chi connectivity index (χ3v) is 5.15. The molecule has 0 aromatic heterocycles. The first-order valence-corrected chi connectivity index (χ1v) is 8.11. The molecule has 1 aliphatic carbocycles. The zero-order chi connectivity index (χ0) is 15.9. The van der Waals surface area contributed by atoms with E-state index in [9.17, 15) is 10.1 Å². The number of nitrogens with two attached hydrogens (primary N) is 1. The summed E-state index contributed by atoms with van der Waals surface area (Å²) >= 11 is 6.10. The Morgan fingerprint density at radius 1 is 1.50 bits per heavy atom. The van der Waals surface area contributed by atoms with Gasteiger partial charge in [-0.25, -0.2) is 0 Å². The van der Waals surface area contributed by atoms with Gasteiger partial charge in [-0.3, -0.25) is 4.79 Å². The van der Waals surface area contributed by atoms with E-state index >= 15 is 0 Å². The number of nitriles is 1. The molecule has 22 heavy (non-hydrogen) atoms. The maximum absolute atomic E-state index is 12.7. The predicted molar refractivity (Wildman–Crippen MR) is 85.0 cm³/mol. The number of halogens is 1. The number of rotatable bonds is 3. The van der Waals surface area contributed by atoms with Gasteiger partial charge in [-0.05, 0) is 50.3 Å². The Morgan fingerprint density at radius 2 is 2.23 bits per heavy atom. The van der Waals surface area contributed by atoms with Crippen LogP contribution in [-0.2, 0) is 4.79 Å². The summed E-state index contributed by atoms with van der Waals surface area (Å²) in [5, 5.41) is 10.2. The van der Waals surface area contributed by atoms with Crippen molar-refractivity contribution in [2.24, 2.45) is 11.1 Å². The van der Waals surface area contributed by atoms with E-state index in [4.69, 9.17) is 17.3 Å². The van der Waals surface area contributed by atoms with E-state index < -0.39 is 6.04 Å². The van der Waals surface area contributed by atoms with Gasteiger partial charge in [-0.15, -0.1) is 0 Å². The molecule has 1 unspecified atom stereocenters. The molecule has 1 aromatic carbocycles. The summed E-state index contributed by atoms with van der Waals surface area (Å²) < 4.78 is 0. The average molecular weight is 318 g/mol. The number of hydrogen-bond acceptors (Lipinski definition) is 3. The first-order chi connectivity index (χ1) is 10.5. The van der Waals surface area contributed by atoms with Crippen molar-refractivity contribution in [3.63, 3.8) is 0 Å². The van der Waals surface area contributed by atoms with E-state index in [0.29, 0.717) is 5.02 Å². The van der Waals surface area contributed by atoms with Crippen LogP contribution >= 0.6 is 11.6 Å². The minimum atomic E-state index is -0.559. The molecule has 0 bridgehead atoms. The number of amides is 1. The molecule has 2 fully saturated rings. The van der Waals surface area contributed by atoms with E-state index in [2.05, 4.69) is 6.07 Å². The molecule has 1 saturated carbocycles. The average Bonchev–Trinajstić information content (AvgIpc) is 3.17. The lowest BCUT2D eigenvalue weighted by Crippen LogP contribution is -2.48. The third kappa shape index (κ3) is 2.49.